The average Bonchev–Trinajstić information content (AvgIpc) is 2.54. The molecule has 1 N–H and O–H groups in total. The van der Waals surface area contributed by atoms with Gasteiger partial charge < -0.3 is 14.6 Å². The van der Waals surface area contributed by atoms with Gasteiger partial charge in [-0.2, -0.15) is 0 Å². The minimum Gasteiger partial charge on any atom is -0.493 e. The zero-order valence-electron chi connectivity index (χ0n) is 13.8. The van der Waals surface area contributed by atoms with Crippen molar-refractivity contribution in [3.05, 3.63) is 23.3 Å². The van der Waals surface area contributed by atoms with Gasteiger partial charge in [0.1, 0.15) is 0 Å². The highest BCUT2D eigenvalue weighted by molar-refractivity contribution is 5.49. The van der Waals surface area contributed by atoms with E-state index in [0.717, 1.165) is 43.9 Å². The van der Waals surface area contributed by atoms with Gasteiger partial charge in [-0.3, -0.25) is 4.90 Å². The van der Waals surface area contributed by atoms with E-state index < -0.39 is 0 Å². The second-order valence-electron chi connectivity index (χ2n) is 6.65. The van der Waals surface area contributed by atoms with Crippen molar-refractivity contribution in [2.75, 3.05) is 33.9 Å². The Balaban J connectivity index is 1.93. The van der Waals surface area contributed by atoms with Crippen LogP contribution in [-0.4, -0.2) is 43.9 Å². The Morgan fingerprint density at radius 1 is 1.23 bits per heavy atom. The smallest absolute Gasteiger partial charge is 0.161 e. The maximum absolute atomic E-state index is 9.33. The van der Waals surface area contributed by atoms with E-state index in [1.54, 1.807) is 14.2 Å². The molecule has 3 rings (SSSR count). The summed E-state index contributed by atoms with van der Waals surface area (Å²) in [5.41, 5.74) is 2.77. The van der Waals surface area contributed by atoms with Gasteiger partial charge in [-0.25, -0.2) is 0 Å². The van der Waals surface area contributed by atoms with Gasteiger partial charge in [0.25, 0.3) is 0 Å². The molecule has 2 aliphatic heterocycles. The largest absolute Gasteiger partial charge is 0.493 e. The van der Waals surface area contributed by atoms with Crippen LogP contribution in [0.2, 0.25) is 0 Å². The van der Waals surface area contributed by atoms with Crippen molar-refractivity contribution < 1.29 is 14.6 Å². The Bertz CT molecular complexity index is 531. The summed E-state index contributed by atoms with van der Waals surface area (Å²) in [7, 11) is 3.39. The number of fused-ring (bicyclic) bond motifs is 3. The maximum Gasteiger partial charge on any atom is 0.161 e. The molecule has 2 heterocycles. The van der Waals surface area contributed by atoms with E-state index in [1.165, 1.54) is 11.1 Å². The standard InChI is InChI=1S/C18H27NO3/c1-12-11-19-6-4-14-9-17(21-2)18(22-3)10-15(14)16(19)8-13(12)5-7-20/h9-10,12-13,16,20H,4-8,11H2,1-3H3/t12-,13+,16+/m1/s1. The van der Waals surface area contributed by atoms with Gasteiger partial charge in [0.2, 0.25) is 0 Å². The first-order valence-electron chi connectivity index (χ1n) is 8.27. The molecule has 1 fully saturated rings. The molecule has 4 nitrogen and oxygen atoms in total. The lowest BCUT2D eigenvalue weighted by molar-refractivity contribution is 0.0500. The molecule has 3 atom stereocenters. The Kier molecular flexibility index (Phi) is 4.59. The zero-order valence-corrected chi connectivity index (χ0v) is 13.8. The lowest BCUT2D eigenvalue weighted by Crippen LogP contribution is -2.45. The van der Waals surface area contributed by atoms with Crippen molar-refractivity contribution in [3.8, 4) is 11.5 Å². The third-order valence-electron chi connectivity index (χ3n) is 5.47. The molecular formula is C18H27NO3. The van der Waals surface area contributed by atoms with Crippen LogP contribution in [0.3, 0.4) is 0 Å². The molecule has 0 aromatic heterocycles. The Hall–Kier alpha value is -1.26. The monoisotopic (exact) mass is 305 g/mol. The topological polar surface area (TPSA) is 41.9 Å². The van der Waals surface area contributed by atoms with E-state index in [2.05, 4.69) is 24.0 Å². The number of ether oxygens (including phenoxy) is 2. The summed E-state index contributed by atoms with van der Waals surface area (Å²) >= 11 is 0. The Morgan fingerprint density at radius 2 is 1.95 bits per heavy atom. The number of benzene rings is 1. The van der Waals surface area contributed by atoms with Gasteiger partial charge in [-0.05, 0) is 54.4 Å². The first-order chi connectivity index (χ1) is 10.7. The van der Waals surface area contributed by atoms with E-state index in [0.29, 0.717) is 24.5 Å². The molecule has 0 unspecified atom stereocenters. The Morgan fingerprint density at radius 3 is 2.64 bits per heavy atom. The molecule has 1 aromatic rings. The van der Waals surface area contributed by atoms with E-state index >= 15 is 0 Å². The van der Waals surface area contributed by atoms with Gasteiger partial charge in [0.05, 0.1) is 14.2 Å². The molecule has 0 aliphatic carbocycles. The van der Waals surface area contributed by atoms with Gasteiger partial charge in [-0.1, -0.05) is 6.92 Å². The predicted octanol–water partition coefficient (Wildman–Crippen LogP) is 2.64. The van der Waals surface area contributed by atoms with Crippen molar-refractivity contribution in [1.82, 2.24) is 4.90 Å². The quantitative estimate of drug-likeness (QED) is 0.928. The summed E-state index contributed by atoms with van der Waals surface area (Å²) in [5.74, 6) is 2.90. The molecule has 0 saturated carbocycles. The summed E-state index contributed by atoms with van der Waals surface area (Å²) < 4.78 is 10.9. The molecule has 2 aliphatic rings. The number of aliphatic hydroxyl groups is 1. The van der Waals surface area contributed by atoms with Crippen molar-refractivity contribution in [3.63, 3.8) is 0 Å². The summed E-state index contributed by atoms with van der Waals surface area (Å²) in [5, 5.41) is 9.33. The van der Waals surface area contributed by atoms with E-state index in [-0.39, 0.29) is 0 Å². The van der Waals surface area contributed by atoms with Crippen LogP contribution in [0.25, 0.3) is 0 Å². The van der Waals surface area contributed by atoms with Crippen LogP contribution in [0, 0.1) is 11.8 Å². The first kappa shape index (κ1) is 15.6. The third-order valence-corrected chi connectivity index (χ3v) is 5.47. The average molecular weight is 305 g/mol. The normalized spacial score (nSPS) is 27.9. The number of aliphatic hydroxyl groups excluding tert-OH is 1. The fourth-order valence-corrected chi connectivity index (χ4v) is 4.18. The third kappa shape index (κ3) is 2.70. The van der Waals surface area contributed by atoms with Crippen LogP contribution in [0.5, 0.6) is 11.5 Å². The van der Waals surface area contributed by atoms with E-state index in [4.69, 9.17) is 9.47 Å². The molecule has 1 aromatic carbocycles. The molecule has 1 saturated heterocycles. The first-order valence-corrected chi connectivity index (χ1v) is 8.27. The lowest BCUT2D eigenvalue weighted by Gasteiger charge is -2.46. The van der Waals surface area contributed by atoms with Gasteiger partial charge in [0.15, 0.2) is 11.5 Å². The molecule has 0 spiro atoms. The summed E-state index contributed by atoms with van der Waals surface area (Å²) in [6.07, 6.45) is 3.11. The van der Waals surface area contributed by atoms with Gasteiger partial charge in [0, 0.05) is 25.7 Å². The second-order valence-corrected chi connectivity index (χ2v) is 6.65. The number of piperidine rings is 1. The molecule has 0 bridgehead atoms. The van der Waals surface area contributed by atoms with Crippen molar-refractivity contribution in [1.29, 1.82) is 0 Å². The fourth-order valence-electron chi connectivity index (χ4n) is 4.18. The molecule has 0 amide bonds. The fraction of sp³-hybridized carbons (Fsp3) is 0.667. The SMILES string of the molecule is COc1cc2c(cc1OC)[C@@H]1C[C@H](CCO)[C@H](C)CN1CC2. The summed E-state index contributed by atoms with van der Waals surface area (Å²) in [6, 6.07) is 4.76. The Labute approximate surface area is 133 Å². The van der Waals surface area contributed by atoms with Gasteiger partial charge >= 0.3 is 0 Å². The molecule has 122 valence electrons. The van der Waals surface area contributed by atoms with Crippen LogP contribution in [-0.2, 0) is 6.42 Å². The summed E-state index contributed by atoms with van der Waals surface area (Å²) in [4.78, 5) is 2.60. The highest BCUT2D eigenvalue weighted by Crippen LogP contribution is 2.44. The maximum atomic E-state index is 9.33. The number of hydrogen-bond acceptors (Lipinski definition) is 4. The van der Waals surface area contributed by atoms with E-state index in [1.807, 2.05) is 0 Å². The molecular weight excluding hydrogens is 278 g/mol. The number of methoxy groups -OCH3 is 2. The van der Waals surface area contributed by atoms with Gasteiger partial charge in [-0.15, -0.1) is 0 Å². The van der Waals surface area contributed by atoms with E-state index in [9.17, 15) is 5.11 Å². The van der Waals surface area contributed by atoms with Crippen molar-refractivity contribution in [2.45, 2.75) is 32.2 Å². The minimum absolute atomic E-state index is 0.292. The van der Waals surface area contributed by atoms with Crippen molar-refractivity contribution in [2.24, 2.45) is 11.8 Å². The van der Waals surface area contributed by atoms with Crippen molar-refractivity contribution >= 4 is 0 Å². The molecule has 4 heteroatoms. The van der Waals surface area contributed by atoms with Crippen LogP contribution in [0.15, 0.2) is 12.1 Å². The van der Waals surface area contributed by atoms with Crippen LogP contribution in [0.1, 0.15) is 36.9 Å². The number of hydrogen-bond donors (Lipinski definition) is 1. The number of nitrogens with zero attached hydrogens (tertiary/aromatic N) is 1. The van der Waals surface area contributed by atoms with Crippen LogP contribution >= 0.6 is 0 Å². The highest BCUT2D eigenvalue weighted by Gasteiger charge is 2.37. The summed E-state index contributed by atoms with van der Waals surface area (Å²) in [6.45, 7) is 4.85. The molecule has 0 radical (unpaired) electrons. The number of rotatable bonds is 4. The highest BCUT2D eigenvalue weighted by atomic mass is 16.5. The zero-order chi connectivity index (χ0) is 15.7. The lowest BCUT2D eigenvalue weighted by atomic mass is 9.76. The molecule has 22 heavy (non-hydrogen) atoms. The van der Waals surface area contributed by atoms with Crippen LogP contribution < -0.4 is 9.47 Å². The predicted molar refractivity (Wildman–Crippen MR) is 86.5 cm³/mol. The second kappa shape index (κ2) is 6.47. The minimum atomic E-state index is 0.292. The van der Waals surface area contributed by atoms with Crippen LogP contribution in [0.4, 0.5) is 0 Å².